The molecule has 0 amide bonds. The van der Waals surface area contributed by atoms with Gasteiger partial charge in [-0.15, -0.1) is 0 Å². The molecule has 0 aliphatic carbocycles. The number of hydrogen-bond acceptors (Lipinski definition) is 1. The van der Waals surface area contributed by atoms with Crippen molar-refractivity contribution in [2.24, 2.45) is 5.92 Å². The van der Waals surface area contributed by atoms with Crippen LogP contribution in [-0.4, -0.2) is 9.78 Å². The second kappa shape index (κ2) is 4.17. The van der Waals surface area contributed by atoms with E-state index in [-0.39, 0.29) is 5.41 Å². The third-order valence-electron chi connectivity index (χ3n) is 2.81. The highest BCUT2D eigenvalue weighted by molar-refractivity contribution is 6.29. The van der Waals surface area contributed by atoms with Crippen molar-refractivity contribution in [1.82, 2.24) is 9.78 Å². The Morgan fingerprint density at radius 3 is 2.13 bits per heavy atom. The third-order valence-corrected chi connectivity index (χ3v) is 3.09. The smallest absolute Gasteiger partial charge is 0.127 e. The highest BCUT2D eigenvalue weighted by atomic mass is 35.5. The van der Waals surface area contributed by atoms with Gasteiger partial charge < -0.3 is 0 Å². The maximum Gasteiger partial charge on any atom is 0.127 e. The van der Waals surface area contributed by atoms with E-state index in [1.165, 1.54) is 0 Å². The first-order valence-corrected chi connectivity index (χ1v) is 5.87. The lowest BCUT2D eigenvalue weighted by molar-refractivity contribution is 0.369. The van der Waals surface area contributed by atoms with E-state index in [9.17, 15) is 0 Å². The maximum atomic E-state index is 6.19. The van der Waals surface area contributed by atoms with Crippen molar-refractivity contribution in [3.05, 3.63) is 16.9 Å². The monoisotopic (exact) mass is 228 g/mol. The summed E-state index contributed by atoms with van der Waals surface area (Å²) in [4.78, 5) is 0. The van der Waals surface area contributed by atoms with Crippen LogP contribution in [0.5, 0.6) is 0 Å². The molecular weight excluding hydrogens is 208 g/mol. The fourth-order valence-corrected chi connectivity index (χ4v) is 1.60. The van der Waals surface area contributed by atoms with Crippen molar-refractivity contribution in [2.45, 2.75) is 53.0 Å². The number of hydrogen-bond donors (Lipinski definition) is 0. The van der Waals surface area contributed by atoms with Gasteiger partial charge in [-0.1, -0.05) is 46.2 Å². The summed E-state index contributed by atoms with van der Waals surface area (Å²) in [6, 6.07) is 2.31. The van der Waals surface area contributed by atoms with Gasteiger partial charge in [0.05, 0.1) is 11.7 Å². The van der Waals surface area contributed by atoms with Crippen molar-refractivity contribution in [3.63, 3.8) is 0 Å². The molecule has 1 rings (SSSR count). The summed E-state index contributed by atoms with van der Waals surface area (Å²) in [7, 11) is 0. The maximum absolute atomic E-state index is 6.19. The van der Waals surface area contributed by atoms with Crippen LogP contribution in [0.2, 0.25) is 5.15 Å². The predicted octanol–water partition coefficient (Wildman–Crippen LogP) is 4.05. The van der Waals surface area contributed by atoms with E-state index >= 15 is 0 Å². The van der Waals surface area contributed by atoms with E-state index in [4.69, 9.17) is 11.6 Å². The predicted molar refractivity (Wildman–Crippen MR) is 65.5 cm³/mol. The van der Waals surface area contributed by atoms with Gasteiger partial charge in [-0.2, -0.15) is 5.10 Å². The zero-order chi connectivity index (χ0) is 11.8. The van der Waals surface area contributed by atoms with Crippen LogP contribution in [0.1, 0.15) is 53.3 Å². The molecule has 1 unspecified atom stereocenters. The lowest BCUT2D eigenvalue weighted by Crippen LogP contribution is -2.16. The van der Waals surface area contributed by atoms with E-state index in [1.807, 2.05) is 10.7 Å². The van der Waals surface area contributed by atoms with Crippen molar-refractivity contribution in [3.8, 4) is 0 Å². The van der Waals surface area contributed by atoms with Gasteiger partial charge in [0.15, 0.2) is 0 Å². The summed E-state index contributed by atoms with van der Waals surface area (Å²) in [5.74, 6) is 0.537. The average molecular weight is 229 g/mol. The van der Waals surface area contributed by atoms with Crippen molar-refractivity contribution < 1.29 is 0 Å². The van der Waals surface area contributed by atoms with Crippen molar-refractivity contribution in [1.29, 1.82) is 0 Å². The summed E-state index contributed by atoms with van der Waals surface area (Å²) in [6.45, 7) is 13.0. The molecule has 0 spiro atoms. The lowest BCUT2D eigenvalue weighted by Gasteiger charge is -2.18. The molecule has 3 heteroatoms. The van der Waals surface area contributed by atoms with Crippen LogP contribution in [-0.2, 0) is 5.41 Å². The van der Waals surface area contributed by atoms with E-state index in [0.29, 0.717) is 12.0 Å². The van der Waals surface area contributed by atoms with Crippen LogP contribution < -0.4 is 0 Å². The first-order chi connectivity index (χ1) is 6.73. The van der Waals surface area contributed by atoms with E-state index in [1.54, 1.807) is 0 Å². The van der Waals surface area contributed by atoms with Gasteiger partial charge >= 0.3 is 0 Å². The van der Waals surface area contributed by atoms with Crippen LogP contribution in [0.3, 0.4) is 0 Å². The number of nitrogens with zero attached hydrogens (tertiary/aromatic N) is 2. The summed E-state index contributed by atoms with van der Waals surface area (Å²) in [5.41, 5.74) is 1.12. The molecule has 0 N–H and O–H groups in total. The number of halogens is 1. The van der Waals surface area contributed by atoms with Gasteiger partial charge in [0, 0.05) is 5.41 Å². The molecule has 86 valence electrons. The van der Waals surface area contributed by atoms with Gasteiger partial charge in [-0.25, -0.2) is 0 Å². The molecule has 0 fully saturated rings. The van der Waals surface area contributed by atoms with Gasteiger partial charge in [0.25, 0.3) is 0 Å². The molecule has 1 aromatic rings. The molecule has 0 aliphatic heterocycles. The Bertz CT molecular complexity index is 334. The molecule has 0 aliphatic rings. The summed E-state index contributed by atoms with van der Waals surface area (Å²) in [5, 5.41) is 5.32. The van der Waals surface area contributed by atoms with Crippen LogP contribution >= 0.6 is 11.6 Å². The Balaban J connectivity index is 3.07. The Labute approximate surface area is 97.6 Å². The molecule has 15 heavy (non-hydrogen) atoms. The molecule has 0 aromatic carbocycles. The summed E-state index contributed by atoms with van der Waals surface area (Å²) < 4.78 is 1.92. The summed E-state index contributed by atoms with van der Waals surface area (Å²) >= 11 is 6.19. The Kier molecular flexibility index (Phi) is 3.49. The topological polar surface area (TPSA) is 17.8 Å². The zero-order valence-electron chi connectivity index (χ0n) is 10.5. The second-order valence-electron chi connectivity index (χ2n) is 5.53. The molecule has 1 atom stereocenters. The first kappa shape index (κ1) is 12.6. The normalized spacial score (nSPS) is 14.7. The van der Waals surface area contributed by atoms with Crippen LogP contribution in [0.4, 0.5) is 0 Å². The van der Waals surface area contributed by atoms with Crippen molar-refractivity contribution in [2.75, 3.05) is 0 Å². The summed E-state index contributed by atoms with van der Waals surface area (Å²) in [6.07, 6.45) is 0. The zero-order valence-corrected chi connectivity index (χ0v) is 11.3. The highest BCUT2D eigenvalue weighted by Crippen LogP contribution is 2.27. The molecule has 2 nitrogen and oxygen atoms in total. The first-order valence-electron chi connectivity index (χ1n) is 5.49. The Hall–Kier alpha value is -0.500. The van der Waals surface area contributed by atoms with Gasteiger partial charge in [0.2, 0.25) is 0 Å². The fourth-order valence-electron chi connectivity index (χ4n) is 1.31. The minimum Gasteiger partial charge on any atom is -0.251 e. The molecule has 0 radical (unpaired) electrons. The molecular formula is C12H21ClN2. The quantitative estimate of drug-likeness (QED) is 0.747. The molecule has 0 saturated heterocycles. The van der Waals surface area contributed by atoms with Gasteiger partial charge in [-0.3, -0.25) is 4.68 Å². The molecule has 0 saturated carbocycles. The third kappa shape index (κ3) is 2.75. The van der Waals surface area contributed by atoms with E-state index in [2.05, 4.69) is 46.6 Å². The van der Waals surface area contributed by atoms with Gasteiger partial charge in [-0.05, 0) is 18.9 Å². The van der Waals surface area contributed by atoms with Gasteiger partial charge in [0.1, 0.15) is 5.15 Å². The minimum absolute atomic E-state index is 0.0611. The molecule has 0 bridgehead atoms. The second-order valence-corrected chi connectivity index (χ2v) is 5.92. The Morgan fingerprint density at radius 1 is 1.27 bits per heavy atom. The average Bonchev–Trinajstić information content (AvgIpc) is 2.45. The number of aromatic nitrogens is 2. The molecule has 1 heterocycles. The largest absolute Gasteiger partial charge is 0.251 e. The highest BCUT2D eigenvalue weighted by Gasteiger charge is 2.21. The Morgan fingerprint density at radius 2 is 1.80 bits per heavy atom. The SMILES string of the molecule is CC(C)C(C)n1nc(C(C)(C)C)cc1Cl. The van der Waals surface area contributed by atoms with E-state index < -0.39 is 0 Å². The van der Waals surface area contributed by atoms with Crippen LogP contribution in [0.25, 0.3) is 0 Å². The molecule has 1 aromatic heterocycles. The van der Waals surface area contributed by atoms with Crippen molar-refractivity contribution >= 4 is 11.6 Å². The van der Waals surface area contributed by atoms with Crippen LogP contribution in [0, 0.1) is 5.92 Å². The standard InChI is InChI=1S/C12H21ClN2/c1-8(2)9(3)15-11(13)7-10(14-15)12(4,5)6/h7-9H,1-6H3. The minimum atomic E-state index is 0.0611. The van der Waals surface area contributed by atoms with E-state index in [0.717, 1.165) is 10.8 Å². The lowest BCUT2D eigenvalue weighted by atomic mass is 9.93. The number of rotatable bonds is 2. The van der Waals surface area contributed by atoms with Crippen LogP contribution in [0.15, 0.2) is 6.07 Å². The fraction of sp³-hybridized carbons (Fsp3) is 0.750.